The van der Waals surface area contributed by atoms with Crippen LogP contribution in [0.25, 0.3) is 22.6 Å². The van der Waals surface area contributed by atoms with Gasteiger partial charge in [0.25, 0.3) is 0 Å². The third kappa shape index (κ3) is 3.24. The highest BCUT2D eigenvalue weighted by Gasteiger charge is 2.57. The molecule has 3 aromatic rings. The van der Waals surface area contributed by atoms with Gasteiger partial charge in [-0.3, -0.25) is 9.59 Å². The number of alkyl halides is 5. The van der Waals surface area contributed by atoms with E-state index in [0.717, 1.165) is 16.9 Å². The number of rotatable bonds is 4. The lowest BCUT2D eigenvalue weighted by atomic mass is 9.71. The molecule has 3 aromatic heterocycles. The van der Waals surface area contributed by atoms with Gasteiger partial charge in [-0.2, -0.15) is 27.1 Å². The Morgan fingerprint density at radius 1 is 1.11 bits per heavy atom. The van der Waals surface area contributed by atoms with Gasteiger partial charge in [0.2, 0.25) is 11.8 Å². The van der Waals surface area contributed by atoms with Gasteiger partial charge in [-0.1, -0.05) is 6.92 Å². The normalized spacial score (nSPS) is 21.8. The summed E-state index contributed by atoms with van der Waals surface area (Å²) in [5, 5.41) is 9.12. The van der Waals surface area contributed by atoms with Gasteiger partial charge in [-0.05, 0) is 13.0 Å². The SMILES string of the molecule is C[C@H]1C(=O)Nc2nc(-c3nn(CCC(F)(F)C(F)(F)F)c4ncc(F)cc34)nc3c2[C@]1(C)C(=O)N3. The number of carbonyl (C=O) groups excluding carboxylic acids is 2. The van der Waals surface area contributed by atoms with E-state index in [9.17, 15) is 35.9 Å². The molecule has 2 N–H and O–H groups in total. The first-order valence-electron chi connectivity index (χ1n) is 10.3. The third-order valence-corrected chi connectivity index (χ3v) is 6.45. The highest BCUT2D eigenvalue weighted by molar-refractivity contribution is 6.14. The molecule has 0 saturated carbocycles. The smallest absolute Gasteiger partial charge is 0.310 e. The molecule has 35 heavy (non-hydrogen) atoms. The van der Waals surface area contributed by atoms with Crippen LogP contribution in [0, 0.1) is 11.7 Å². The topological polar surface area (TPSA) is 115 Å². The fourth-order valence-corrected chi connectivity index (χ4v) is 4.23. The number of pyridine rings is 1. The Labute approximate surface area is 191 Å². The summed E-state index contributed by atoms with van der Waals surface area (Å²) in [6, 6.07) is 0.953. The third-order valence-electron chi connectivity index (χ3n) is 6.45. The predicted molar refractivity (Wildman–Crippen MR) is 108 cm³/mol. The number of amides is 2. The average molecular weight is 499 g/mol. The minimum Gasteiger partial charge on any atom is -0.310 e. The molecule has 2 aliphatic rings. The Bertz CT molecular complexity index is 1420. The minimum atomic E-state index is -5.76. The van der Waals surface area contributed by atoms with Crippen LogP contribution in [0.3, 0.4) is 0 Å². The summed E-state index contributed by atoms with van der Waals surface area (Å²) in [6.07, 6.45) is -6.64. The maximum Gasteiger partial charge on any atom is 0.453 e. The van der Waals surface area contributed by atoms with Crippen molar-refractivity contribution in [1.82, 2.24) is 24.7 Å². The van der Waals surface area contributed by atoms with Gasteiger partial charge in [0.05, 0.1) is 28.5 Å². The van der Waals surface area contributed by atoms with Crippen LogP contribution in [0.2, 0.25) is 0 Å². The van der Waals surface area contributed by atoms with E-state index in [0.29, 0.717) is 5.56 Å². The summed E-state index contributed by atoms with van der Waals surface area (Å²) < 4.78 is 79.6. The molecule has 184 valence electrons. The molecule has 0 radical (unpaired) electrons. The number of nitrogens with one attached hydrogen (secondary N) is 2. The second-order valence-corrected chi connectivity index (χ2v) is 8.54. The predicted octanol–water partition coefficient (Wildman–Crippen LogP) is 3.41. The van der Waals surface area contributed by atoms with E-state index in [4.69, 9.17) is 0 Å². The van der Waals surface area contributed by atoms with E-state index in [-0.39, 0.29) is 34.2 Å². The monoisotopic (exact) mass is 499 g/mol. The zero-order valence-electron chi connectivity index (χ0n) is 18.0. The van der Waals surface area contributed by atoms with E-state index in [1.54, 1.807) is 13.8 Å². The van der Waals surface area contributed by atoms with Crippen molar-refractivity contribution in [3.05, 3.63) is 23.6 Å². The Hall–Kier alpha value is -3.78. The first-order valence-corrected chi connectivity index (χ1v) is 10.3. The quantitative estimate of drug-likeness (QED) is 0.532. The molecule has 5 rings (SSSR count). The fraction of sp³-hybridized carbons (Fsp3) is 0.400. The largest absolute Gasteiger partial charge is 0.453 e. The zero-order chi connectivity index (χ0) is 25.5. The first kappa shape index (κ1) is 23.0. The molecule has 2 atom stereocenters. The molecule has 0 bridgehead atoms. The van der Waals surface area contributed by atoms with Crippen LogP contribution in [0.4, 0.5) is 38.0 Å². The van der Waals surface area contributed by atoms with Crippen LogP contribution in [-0.4, -0.2) is 48.6 Å². The van der Waals surface area contributed by atoms with Crippen molar-refractivity contribution >= 4 is 34.5 Å². The standard InChI is InChI=1S/C20H15F6N7O2/c1-7-16(34)30-12-10-13(31-17(35)18(7,10)2)29-14(28-12)11-9-5-8(21)6-27-15(9)33(32-11)4-3-19(22,23)20(24,25)26/h5-7H,3-4H2,1-2H3,(H2,28,29,30,31,34,35)/t7-,18+/m0/s1. The Kier molecular flexibility index (Phi) is 4.67. The molecule has 0 unspecified atom stereocenters. The van der Waals surface area contributed by atoms with Crippen LogP contribution < -0.4 is 10.6 Å². The highest BCUT2D eigenvalue weighted by Crippen LogP contribution is 2.49. The number of fused-ring (bicyclic) bond motifs is 1. The van der Waals surface area contributed by atoms with E-state index in [2.05, 4.69) is 30.7 Å². The van der Waals surface area contributed by atoms with Gasteiger partial charge in [0.15, 0.2) is 11.5 Å². The van der Waals surface area contributed by atoms with Crippen LogP contribution in [0.1, 0.15) is 25.8 Å². The second-order valence-electron chi connectivity index (χ2n) is 8.54. The Morgan fingerprint density at radius 2 is 1.77 bits per heavy atom. The number of hydrogen-bond acceptors (Lipinski definition) is 6. The molecule has 15 heteroatoms. The molecular formula is C20H15F6N7O2. The lowest BCUT2D eigenvalue weighted by Crippen LogP contribution is -2.47. The summed E-state index contributed by atoms with van der Waals surface area (Å²) in [6.45, 7) is 2.23. The number of halogens is 6. The molecule has 0 fully saturated rings. The number of anilines is 2. The second kappa shape index (κ2) is 7.11. The van der Waals surface area contributed by atoms with Crippen LogP contribution in [-0.2, 0) is 21.5 Å². The number of aryl methyl sites for hydroxylation is 1. The molecule has 5 heterocycles. The van der Waals surface area contributed by atoms with Crippen LogP contribution in [0.5, 0.6) is 0 Å². The Balaban J connectivity index is 1.64. The van der Waals surface area contributed by atoms with Gasteiger partial charge < -0.3 is 10.6 Å². The molecule has 0 saturated heterocycles. The van der Waals surface area contributed by atoms with Crippen molar-refractivity contribution in [1.29, 1.82) is 0 Å². The first-order chi connectivity index (χ1) is 16.2. The van der Waals surface area contributed by atoms with Gasteiger partial charge in [0, 0.05) is 13.0 Å². The zero-order valence-corrected chi connectivity index (χ0v) is 18.0. The number of nitrogens with zero attached hydrogens (tertiary/aromatic N) is 5. The maximum atomic E-state index is 14.0. The average Bonchev–Trinajstić information content (AvgIpc) is 3.25. The van der Waals surface area contributed by atoms with Gasteiger partial charge in [0.1, 0.15) is 23.1 Å². The van der Waals surface area contributed by atoms with E-state index < -0.39 is 54.0 Å². The summed E-state index contributed by atoms with van der Waals surface area (Å²) in [5.41, 5.74) is -1.26. The molecule has 0 aromatic carbocycles. The number of carbonyl (C=O) groups is 2. The number of hydrogen-bond donors (Lipinski definition) is 2. The van der Waals surface area contributed by atoms with Gasteiger partial charge in [-0.15, -0.1) is 0 Å². The maximum absolute atomic E-state index is 14.0. The molecule has 2 amide bonds. The van der Waals surface area contributed by atoms with E-state index in [1.807, 2.05) is 0 Å². The summed E-state index contributed by atoms with van der Waals surface area (Å²) in [5.74, 6) is -7.68. The van der Waals surface area contributed by atoms with E-state index in [1.165, 1.54) is 0 Å². The molecular weight excluding hydrogens is 484 g/mol. The van der Waals surface area contributed by atoms with Crippen molar-refractivity contribution in [2.24, 2.45) is 5.92 Å². The summed E-state index contributed by atoms with van der Waals surface area (Å²) in [4.78, 5) is 37.5. The van der Waals surface area contributed by atoms with Crippen LogP contribution in [0.15, 0.2) is 12.3 Å². The lowest BCUT2D eigenvalue weighted by Gasteiger charge is -2.33. The van der Waals surface area contributed by atoms with Crippen molar-refractivity contribution < 1.29 is 35.9 Å². The van der Waals surface area contributed by atoms with Crippen molar-refractivity contribution in [3.8, 4) is 11.5 Å². The molecule has 0 spiro atoms. The van der Waals surface area contributed by atoms with Crippen molar-refractivity contribution in [2.45, 2.75) is 44.3 Å². The van der Waals surface area contributed by atoms with Gasteiger partial charge in [-0.25, -0.2) is 24.0 Å². The summed E-state index contributed by atoms with van der Waals surface area (Å²) in [7, 11) is 0. The van der Waals surface area contributed by atoms with Crippen molar-refractivity contribution in [2.75, 3.05) is 10.6 Å². The summed E-state index contributed by atoms with van der Waals surface area (Å²) >= 11 is 0. The van der Waals surface area contributed by atoms with E-state index >= 15 is 0 Å². The van der Waals surface area contributed by atoms with Gasteiger partial charge >= 0.3 is 12.1 Å². The Morgan fingerprint density at radius 3 is 2.43 bits per heavy atom. The molecule has 2 aliphatic heterocycles. The minimum absolute atomic E-state index is 0.00427. The highest BCUT2D eigenvalue weighted by atomic mass is 19.4. The fourth-order valence-electron chi connectivity index (χ4n) is 4.23. The molecule has 9 nitrogen and oxygen atoms in total. The van der Waals surface area contributed by atoms with Crippen molar-refractivity contribution in [3.63, 3.8) is 0 Å². The number of aromatic nitrogens is 5. The van der Waals surface area contributed by atoms with Crippen LogP contribution >= 0.6 is 0 Å². The lowest BCUT2D eigenvalue weighted by molar-refractivity contribution is -0.285. The molecule has 0 aliphatic carbocycles.